The lowest BCUT2D eigenvalue weighted by Gasteiger charge is -2.21. The Balaban J connectivity index is 2.36. The number of hydrogen-bond donors (Lipinski definition) is 4. The van der Waals surface area contributed by atoms with Crippen molar-refractivity contribution in [3.8, 4) is 11.5 Å². The first-order valence-electron chi connectivity index (χ1n) is 6.89. The minimum absolute atomic E-state index is 0.0146. The Kier molecular flexibility index (Phi) is 5.84. The maximum atomic E-state index is 11.5. The minimum Gasteiger partial charge on any atom is -0.504 e. The summed E-state index contributed by atoms with van der Waals surface area (Å²) >= 11 is 0. The van der Waals surface area contributed by atoms with Crippen LogP contribution in [0.1, 0.15) is 33.3 Å². The second kappa shape index (κ2) is 7.17. The molecule has 0 radical (unpaired) electrons. The highest BCUT2D eigenvalue weighted by atomic mass is 16.6. The van der Waals surface area contributed by atoms with E-state index in [2.05, 4.69) is 10.6 Å². The highest BCUT2D eigenvalue weighted by molar-refractivity contribution is 5.67. The van der Waals surface area contributed by atoms with Crippen LogP contribution in [0.15, 0.2) is 18.2 Å². The molecule has 0 aromatic heterocycles. The van der Waals surface area contributed by atoms with Gasteiger partial charge in [-0.25, -0.2) is 4.79 Å². The summed E-state index contributed by atoms with van der Waals surface area (Å²) in [5.41, 5.74) is 0.0767. The average Bonchev–Trinajstić information content (AvgIpc) is 2.36. The molecule has 1 aromatic carbocycles. The number of amides is 1. The van der Waals surface area contributed by atoms with Gasteiger partial charge >= 0.3 is 6.09 Å². The van der Waals surface area contributed by atoms with Crippen molar-refractivity contribution in [2.45, 2.75) is 45.9 Å². The number of benzene rings is 1. The Labute approximate surface area is 125 Å². The van der Waals surface area contributed by atoms with Crippen LogP contribution in [0.3, 0.4) is 0 Å². The molecule has 1 rings (SSSR count). The molecule has 1 atom stereocenters. The largest absolute Gasteiger partial charge is 0.504 e. The predicted molar refractivity (Wildman–Crippen MR) is 80.3 cm³/mol. The second-order valence-electron chi connectivity index (χ2n) is 5.95. The van der Waals surface area contributed by atoms with Gasteiger partial charge in [-0.3, -0.25) is 0 Å². The van der Waals surface area contributed by atoms with E-state index in [1.165, 1.54) is 6.07 Å². The molecule has 0 heterocycles. The quantitative estimate of drug-likeness (QED) is 0.625. The second-order valence-corrected chi connectivity index (χ2v) is 5.95. The number of rotatable bonds is 5. The van der Waals surface area contributed by atoms with Gasteiger partial charge in [0.15, 0.2) is 11.5 Å². The fraction of sp³-hybridized carbons (Fsp3) is 0.533. The number of phenolic OH excluding ortho intramolecular Hbond substituents is 2. The predicted octanol–water partition coefficient (Wildman–Crippen LogP) is 2.10. The number of hydrogen-bond acceptors (Lipinski definition) is 5. The summed E-state index contributed by atoms with van der Waals surface area (Å²) in [5, 5.41) is 24.9. The summed E-state index contributed by atoms with van der Waals surface area (Å²) in [7, 11) is 0. The number of carbonyl (C=O) groups is 1. The summed E-state index contributed by atoms with van der Waals surface area (Å²) in [6.07, 6.45) is -0.462. The van der Waals surface area contributed by atoms with Gasteiger partial charge in [0, 0.05) is 24.7 Å². The SMILES string of the molecule is CC(CNC(=O)OC(C)(C)C)NCc1cccc(O)c1O. The molecule has 1 unspecified atom stereocenters. The number of carbonyl (C=O) groups excluding carboxylic acids is 1. The fourth-order valence-corrected chi connectivity index (χ4v) is 1.63. The summed E-state index contributed by atoms with van der Waals surface area (Å²) in [6.45, 7) is 8.10. The van der Waals surface area contributed by atoms with E-state index >= 15 is 0 Å². The van der Waals surface area contributed by atoms with Gasteiger partial charge in [-0.15, -0.1) is 0 Å². The molecule has 6 nitrogen and oxygen atoms in total. The number of phenols is 2. The summed E-state index contributed by atoms with van der Waals surface area (Å²) < 4.78 is 5.13. The molecule has 0 saturated heterocycles. The van der Waals surface area contributed by atoms with Gasteiger partial charge in [-0.2, -0.15) is 0 Å². The van der Waals surface area contributed by atoms with Crippen LogP contribution >= 0.6 is 0 Å². The maximum Gasteiger partial charge on any atom is 0.407 e. The molecule has 1 amide bonds. The fourth-order valence-electron chi connectivity index (χ4n) is 1.63. The normalized spacial score (nSPS) is 12.8. The number of ether oxygens (including phenoxy) is 1. The Bertz CT molecular complexity index is 483. The third-order valence-corrected chi connectivity index (χ3v) is 2.69. The van der Waals surface area contributed by atoms with Gasteiger partial charge in [-0.1, -0.05) is 12.1 Å². The average molecular weight is 296 g/mol. The van der Waals surface area contributed by atoms with Crippen molar-refractivity contribution >= 4 is 6.09 Å². The number of nitrogens with one attached hydrogen (secondary N) is 2. The molecule has 118 valence electrons. The van der Waals surface area contributed by atoms with Crippen LogP contribution < -0.4 is 10.6 Å². The zero-order chi connectivity index (χ0) is 16.0. The van der Waals surface area contributed by atoms with Crippen LogP contribution in [-0.2, 0) is 11.3 Å². The van der Waals surface area contributed by atoms with E-state index in [4.69, 9.17) is 4.74 Å². The molecule has 0 saturated carbocycles. The highest BCUT2D eigenvalue weighted by Gasteiger charge is 2.16. The van der Waals surface area contributed by atoms with Crippen molar-refractivity contribution in [2.24, 2.45) is 0 Å². The van der Waals surface area contributed by atoms with Gasteiger partial charge in [0.1, 0.15) is 5.60 Å². The molecule has 21 heavy (non-hydrogen) atoms. The molecule has 0 aliphatic heterocycles. The molecule has 0 fully saturated rings. The lowest BCUT2D eigenvalue weighted by molar-refractivity contribution is 0.0523. The van der Waals surface area contributed by atoms with Crippen molar-refractivity contribution in [1.29, 1.82) is 0 Å². The van der Waals surface area contributed by atoms with E-state index in [-0.39, 0.29) is 17.5 Å². The van der Waals surface area contributed by atoms with Crippen LogP contribution in [-0.4, -0.2) is 34.5 Å². The lowest BCUT2D eigenvalue weighted by atomic mass is 10.1. The van der Waals surface area contributed by atoms with Crippen molar-refractivity contribution in [3.05, 3.63) is 23.8 Å². The van der Waals surface area contributed by atoms with Gasteiger partial charge in [-0.05, 0) is 33.8 Å². The Morgan fingerprint density at radius 3 is 2.62 bits per heavy atom. The van der Waals surface area contributed by atoms with Gasteiger partial charge in [0.2, 0.25) is 0 Å². The van der Waals surface area contributed by atoms with Crippen LogP contribution in [0, 0.1) is 0 Å². The monoisotopic (exact) mass is 296 g/mol. The summed E-state index contributed by atoms with van der Waals surface area (Å²) in [6, 6.07) is 4.79. The molecule has 0 bridgehead atoms. The molecular weight excluding hydrogens is 272 g/mol. The van der Waals surface area contributed by atoms with Gasteiger partial charge in [0.25, 0.3) is 0 Å². The zero-order valence-corrected chi connectivity index (χ0v) is 12.9. The van der Waals surface area contributed by atoms with E-state index < -0.39 is 11.7 Å². The topological polar surface area (TPSA) is 90.8 Å². The van der Waals surface area contributed by atoms with Crippen LogP contribution in [0.2, 0.25) is 0 Å². The standard InChI is InChI=1S/C15H24N2O4/c1-10(8-17-14(20)21-15(2,3)4)16-9-11-6-5-7-12(18)13(11)19/h5-7,10,16,18-19H,8-9H2,1-4H3,(H,17,20). The third-order valence-electron chi connectivity index (χ3n) is 2.69. The smallest absolute Gasteiger partial charge is 0.407 e. The minimum atomic E-state index is -0.520. The first-order valence-corrected chi connectivity index (χ1v) is 6.89. The Hall–Kier alpha value is -1.95. The van der Waals surface area contributed by atoms with Crippen LogP contribution in [0.25, 0.3) is 0 Å². The number of para-hydroxylation sites is 1. The van der Waals surface area contributed by atoms with Crippen molar-refractivity contribution in [2.75, 3.05) is 6.54 Å². The molecule has 1 aromatic rings. The first-order chi connectivity index (χ1) is 9.69. The summed E-state index contributed by atoms with van der Waals surface area (Å²) in [5.74, 6) is -0.272. The van der Waals surface area contributed by atoms with E-state index in [0.29, 0.717) is 18.7 Å². The number of alkyl carbamates (subject to hydrolysis) is 1. The van der Waals surface area contributed by atoms with E-state index in [1.54, 1.807) is 32.9 Å². The molecule has 6 heteroatoms. The molecule has 0 spiro atoms. The lowest BCUT2D eigenvalue weighted by Crippen LogP contribution is -2.41. The Morgan fingerprint density at radius 2 is 2.00 bits per heavy atom. The molecule has 0 aliphatic rings. The van der Waals surface area contributed by atoms with Crippen LogP contribution in [0.5, 0.6) is 11.5 Å². The van der Waals surface area contributed by atoms with Gasteiger partial charge < -0.3 is 25.6 Å². The maximum absolute atomic E-state index is 11.5. The number of aromatic hydroxyl groups is 2. The molecular formula is C15H24N2O4. The van der Waals surface area contributed by atoms with E-state index in [1.807, 2.05) is 6.92 Å². The molecule has 0 aliphatic carbocycles. The Morgan fingerprint density at radius 1 is 1.33 bits per heavy atom. The van der Waals surface area contributed by atoms with Gasteiger partial charge in [0.05, 0.1) is 0 Å². The van der Waals surface area contributed by atoms with Crippen molar-refractivity contribution in [1.82, 2.24) is 10.6 Å². The van der Waals surface area contributed by atoms with E-state index in [9.17, 15) is 15.0 Å². The van der Waals surface area contributed by atoms with Crippen molar-refractivity contribution < 1.29 is 19.7 Å². The van der Waals surface area contributed by atoms with E-state index in [0.717, 1.165) is 0 Å². The highest BCUT2D eigenvalue weighted by Crippen LogP contribution is 2.27. The molecule has 4 N–H and O–H groups in total. The third kappa shape index (κ3) is 6.35. The zero-order valence-electron chi connectivity index (χ0n) is 12.9. The summed E-state index contributed by atoms with van der Waals surface area (Å²) in [4.78, 5) is 11.5. The van der Waals surface area contributed by atoms with Crippen LogP contribution in [0.4, 0.5) is 4.79 Å². The van der Waals surface area contributed by atoms with Crippen molar-refractivity contribution in [3.63, 3.8) is 0 Å². The first kappa shape index (κ1) is 17.1.